The Morgan fingerprint density at radius 1 is 1.15 bits per heavy atom. The summed E-state index contributed by atoms with van der Waals surface area (Å²) in [6.07, 6.45) is 4.99. The molecule has 1 aliphatic carbocycles. The molecule has 0 saturated heterocycles. The summed E-state index contributed by atoms with van der Waals surface area (Å²) < 4.78 is 5.87. The van der Waals surface area contributed by atoms with Gasteiger partial charge in [-0.2, -0.15) is 0 Å². The molecule has 0 atom stereocenters. The predicted octanol–water partition coefficient (Wildman–Crippen LogP) is 3.46. The molecule has 0 unspecified atom stereocenters. The molecular weight excluding hydrogens is 160 g/mol. The Morgan fingerprint density at radius 2 is 1.85 bits per heavy atom. The highest BCUT2D eigenvalue weighted by Gasteiger charge is 2.22. The Bertz CT molecular complexity index is 278. The van der Waals surface area contributed by atoms with E-state index in [1.807, 2.05) is 0 Å². The molecule has 0 aromatic carbocycles. The molecule has 0 amide bonds. The zero-order chi connectivity index (χ0) is 9.47. The quantitative estimate of drug-likeness (QED) is 0.593. The zero-order valence-corrected chi connectivity index (χ0v) is 8.81. The Hall–Kier alpha value is -0.720. The first-order valence-electron chi connectivity index (χ1n) is 5.19. The van der Waals surface area contributed by atoms with Crippen molar-refractivity contribution in [3.63, 3.8) is 0 Å². The summed E-state index contributed by atoms with van der Waals surface area (Å²) in [7, 11) is 0. The van der Waals surface area contributed by atoms with Crippen molar-refractivity contribution in [1.29, 1.82) is 0 Å². The Balaban J connectivity index is 2.36. The molecule has 72 valence electrons. The van der Waals surface area contributed by atoms with Gasteiger partial charge in [-0.1, -0.05) is 20.8 Å². The van der Waals surface area contributed by atoms with Crippen LogP contribution in [0.15, 0.2) is 10.5 Å². The second-order valence-corrected chi connectivity index (χ2v) is 5.02. The molecule has 0 spiro atoms. The highest BCUT2D eigenvalue weighted by atomic mass is 16.3. The van der Waals surface area contributed by atoms with Crippen molar-refractivity contribution in [2.75, 3.05) is 0 Å². The van der Waals surface area contributed by atoms with E-state index in [0.717, 1.165) is 12.2 Å². The normalized spacial score (nSPS) is 17.2. The molecule has 0 aliphatic heterocycles. The van der Waals surface area contributed by atoms with Gasteiger partial charge in [-0.3, -0.25) is 0 Å². The average Bonchev–Trinajstić information content (AvgIpc) is 2.45. The number of fused-ring (bicyclic) bond motifs is 1. The van der Waals surface area contributed by atoms with Gasteiger partial charge < -0.3 is 4.42 Å². The van der Waals surface area contributed by atoms with E-state index >= 15 is 0 Å². The topological polar surface area (TPSA) is 13.1 Å². The maximum atomic E-state index is 5.87. The first-order chi connectivity index (χ1) is 6.07. The first-order valence-corrected chi connectivity index (χ1v) is 5.19. The molecule has 0 radical (unpaired) electrons. The number of aryl methyl sites for hydroxylation is 2. The van der Waals surface area contributed by atoms with Gasteiger partial charge in [0.25, 0.3) is 0 Å². The lowest BCUT2D eigenvalue weighted by Crippen LogP contribution is -2.09. The van der Waals surface area contributed by atoms with Crippen LogP contribution in [0.25, 0.3) is 0 Å². The molecular formula is C12H18O. The summed E-state index contributed by atoms with van der Waals surface area (Å²) in [4.78, 5) is 0. The Morgan fingerprint density at radius 3 is 2.46 bits per heavy atom. The summed E-state index contributed by atoms with van der Waals surface area (Å²) in [5, 5.41) is 0. The fourth-order valence-corrected chi connectivity index (χ4v) is 1.86. The molecule has 0 saturated carbocycles. The van der Waals surface area contributed by atoms with E-state index < -0.39 is 0 Å². The van der Waals surface area contributed by atoms with Crippen LogP contribution in [0, 0.1) is 0 Å². The summed E-state index contributed by atoms with van der Waals surface area (Å²) in [6.45, 7) is 6.62. The molecule has 2 rings (SSSR count). The molecule has 1 heteroatoms. The van der Waals surface area contributed by atoms with Crippen LogP contribution < -0.4 is 0 Å². The molecule has 1 aliphatic rings. The first kappa shape index (κ1) is 8.86. The number of hydrogen-bond donors (Lipinski definition) is 0. The minimum absolute atomic E-state index is 0.164. The van der Waals surface area contributed by atoms with E-state index in [4.69, 9.17) is 4.42 Å². The van der Waals surface area contributed by atoms with Gasteiger partial charge in [0, 0.05) is 11.8 Å². The zero-order valence-electron chi connectivity index (χ0n) is 8.81. The summed E-state index contributed by atoms with van der Waals surface area (Å²) in [6, 6.07) is 2.26. The standard InChI is InChI=1S/C12H18O/c1-12(2,3)11-8-9-6-4-5-7-10(9)13-11/h8H,4-7H2,1-3H3. The van der Waals surface area contributed by atoms with Crippen molar-refractivity contribution in [3.05, 3.63) is 23.2 Å². The van der Waals surface area contributed by atoms with E-state index in [1.165, 1.54) is 30.6 Å². The molecule has 0 N–H and O–H groups in total. The molecule has 1 aromatic heterocycles. The van der Waals surface area contributed by atoms with Crippen LogP contribution in [-0.4, -0.2) is 0 Å². The second kappa shape index (κ2) is 2.90. The van der Waals surface area contributed by atoms with Gasteiger partial charge in [0.15, 0.2) is 0 Å². The molecule has 13 heavy (non-hydrogen) atoms. The minimum Gasteiger partial charge on any atom is -0.465 e. The van der Waals surface area contributed by atoms with Crippen molar-refractivity contribution in [3.8, 4) is 0 Å². The van der Waals surface area contributed by atoms with E-state index in [-0.39, 0.29) is 5.41 Å². The molecule has 1 nitrogen and oxygen atoms in total. The van der Waals surface area contributed by atoms with Crippen LogP contribution in [-0.2, 0) is 18.3 Å². The Kier molecular flexibility index (Phi) is 1.98. The van der Waals surface area contributed by atoms with Crippen LogP contribution >= 0.6 is 0 Å². The van der Waals surface area contributed by atoms with Crippen molar-refractivity contribution < 1.29 is 4.42 Å². The van der Waals surface area contributed by atoms with Gasteiger partial charge in [-0.15, -0.1) is 0 Å². The van der Waals surface area contributed by atoms with E-state index in [1.54, 1.807) is 0 Å². The lowest BCUT2D eigenvalue weighted by Gasteiger charge is -2.14. The highest BCUT2D eigenvalue weighted by Crippen LogP contribution is 2.31. The van der Waals surface area contributed by atoms with Crippen LogP contribution in [0.3, 0.4) is 0 Å². The summed E-state index contributed by atoms with van der Waals surface area (Å²) in [5.74, 6) is 2.40. The lowest BCUT2D eigenvalue weighted by molar-refractivity contribution is 0.378. The van der Waals surface area contributed by atoms with E-state index in [9.17, 15) is 0 Å². The lowest BCUT2D eigenvalue weighted by atomic mass is 9.92. The highest BCUT2D eigenvalue weighted by molar-refractivity contribution is 5.27. The van der Waals surface area contributed by atoms with Gasteiger partial charge in [0.2, 0.25) is 0 Å². The third-order valence-corrected chi connectivity index (χ3v) is 2.74. The van der Waals surface area contributed by atoms with Crippen LogP contribution in [0.2, 0.25) is 0 Å². The van der Waals surface area contributed by atoms with E-state index in [2.05, 4.69) is 26.8 Å². The van der Waals surface area contributed by atoms with Crippen LogP contribution in [0.1, 0.15) is 50.7 Å². The average molecular weight is 178 g/mol. The third-order valence-electron chi connectivity index (χ3n) is 2.74. The van der Waals surface area contributed by atoms with E-state index in [0.29, 0.717) is 0 Å². The molecule has 1 aromatic rings. The summed E-state index contributed by atoms with van der Waals surface area (Å²) >= 11 is 0. The molecule has 1 heterocycles. The van der Waals surface area contributed by atoms with Gasteiger partial charge >= 0.3 is 0 Å². The largest absolute Gasteiger partial charge is 0.465 e. The van der Waals surface area contributed by atoms with Crippen LogP contribution in [0.4, 0.5) is 0 Å². The van der Waals surface area contributed by atoms with Crippen molar-refractivity contribution >= 4 is 0 Å². The van der Waals surface area contributed by atoms with Crippen molar-refractivity contribution in [2.45, 2.75) is 51.9 Å². The number of hydrogen-bond acceptors (Lipinski definition) is 1. The molecule has 0 bridgehead atoms. The monoisotopic (exact) mass is 178 g/mol. The number of furan rings is 1. The fraction of sp³-hybridized carbons (Fsp3) is 0.667. The summed E-state index contributed by atoms with van der Waals surface area (Å²) in [5.41, 5.74) is 1.62. The minimum atomic E-state index is 0.164. The maximum Gasteiger partial charge on any atom is 0.109 e. The third kappa shape index (κ3) is 1.65. The smallest absolute Gasteiger partial charge is 0.109 e. The van der Waals surface area contributed by atoms with Gasteiger partial charge in [0.1, 0.15) is 11.5 Å². The van der Waals surface area contributed by atoms with Gasteiger partial charge in [0.05, 0.1) is 0 Å². The molecule has 0 fully saturated rings. The SMILES string of the molecule is CC(C)(C)c1cc2c(o1)CCCC2. The van der Waals surface area contributed by atoms with Crippen molar-refractivity contribution in [2.24, 2.45) is 0 Å². The van der Waals surface area contributed by atoms with Gasteiger partial charge in [-0.05, 0) is 30.9 Å². The fourth-order valence-electron chi connectivity index (χ4n) is 1.86. The predicted molar refractivity (Wildman–Crippen MR) is 54.1 cm³/mol. The maximum absolute atomic E-state index is 5.87. The van der Waals surface area contributed by atoms with Crippen molar-refractivity contribution in [1.82, 2.24) is 0 Å². The van der Waals surface area contributed by atoms with Crippen LogP contribution in [0.5, 0.6) is 0 Å². The second-order valence-electron chi connectivity index (χ2n) is 5.02. The Labute approximate surface area is 80.1 Å². The number of rotatable bonds is 0. The van der Waals surface area contributed by atoms with Gasteiger partial charge in [-0.25, -0.2) is 0 Å².